The molecule has 4 rings (SSSR count). The van der Waals surface area contributed by atoms with Gasteiger partial charge in [-0.15, -0.1) is 0 Å². The number of rotatable bonds is 4. The summed E-state index contributed by atoms with van der Waals surface area (Å²) in [5, 5.41) is 1.82. The fraction of sp³-hybridized carbons (Fsp3) is 0.318. The van der Waals surface area contributed by atoms with Crippen LogP contribution in [0.25, 0.3) is 0 Å². The summed E-state index contributed by atoms with van der Waals surface area (Å²) in [7, 11) is 0. The van der Waals surface area contributed by atoms with Crippen molar-refractivity contribution in [1.29, 1.82) is 0 Å². The summed E-state index contributed by atoms with van der Waals surface area (Å²) in [6.45, 7) is 4.94. The minimum atomic E-state index is -0.0594. The Labute approximate surface area is 190 Å². The van der Waals surface area contributed by atoms with Crippen molar-refractivity contribution in [1.82, 2.24) is 14.3 Å². The second-order valence-electron chi connectivity index (χ2n) is 7.41. The van der Waals surface area contributed by atoms with E-state index >= 15 is 0 Å². The van der Waals surface area contributed by atoms with Gasteiger partial charge < -0.3 is 9.80 Å². The molecule has 1 aromatic heterocycles. The van der Waals surface area contributed by atoms with Gasteiger partial charge in [0.2, 0.25) is 5.13 Å². The first-order chi connectivity index (χ1) is 14.5. The summed E-state index contributed by atoms with van der Waals surface area (Å²) >= 11 is 13.6. The first-order valence-electron chi connectivity index (χ1n) is 9.87. The van der Waals surface area contributed by atoms with Crippen molar-refractivity contribution in [3.8, 4) is 0 Å². The molecule has 1 saturated heterocycles. The third kappa shape index (κ3) is 4.94. The Kier molecular flexibility index (Phi) is 6.56. The molecule has 2 heterocycles. The quantitative estimate of drug-likeness (QED) is 0.543. The number of aromatic nitrogens is 2. The number of halogens is 2. The smallest absolute Gasteiger partial charge is 0.255 e. The number of carbonyl (C=O) groups excluding carboxylic acids is 1. The lowest BCUT2D eigenvalue weighted by Gasteiger charge is -2.22. The molecule has 2 aromatic carbocycles. The van der Waals surface area contributed by atoms with Crippen molar-refractivity contribution < 1.29 is 4.79 Å². The Hall–Kier alpha value is -2.15. The third-order valence-electron chi connectivity index (χ3n) is 5.16. The van der Waals surface area contributed by atoms with Crippen LogP contribution in [0.1, 0.15) is 33.7 Å². The molecule has 0 radical (unpaired) electrons. The van der Waals surface area contributed by atoms with Gasteiger partial charge in [0.05, 0.1) is 10.6 Å². The Morgan fingerprint density at radius 2 is 1.87 bits per heavy atom. The van der Waals surface area contributed by atoms with Gasteiger partial charge in [0.15, 0.2) is 0 Å². The topological polar surface area (TPSA) is 49.3 Å². The van der Waals surface area contributed by atoms with Crippen molar-refractivity contribution in [2.45, 2.75) is 19.8 Å². The lowest BCUT2D eigenvalue weighted by molar-refractivity contribution is 0.0767. The van der Waals surface area contributed by atoms with E-state index in [2.05, 4.69) is 40.5 Å². The maximum Gasteiger partial charge on any atom is 0.255 e. The van der Waals surface area contributed by atoms with Crippen LogP contribution in [0.15, 0.2) is 42.5 Å². The second-order valence-corrected chi connectivity index (χ2v) is 8.99. The van der Waals surface area contributed by atoms with Crippen LogP contribution in [0.4, 0.5) is 5.13 Å². The molecule has 0 N–H and O–H groups in total. The summed E-state index contributed by atoms with van der Waals surface area (Å²) < 4.78 is 4.54. The molecule has 1 amide bonds. The molecule has 0 aliphatic carbocycles. The van der Waals surface area contributed by atoms with E-state index in [0.29, 0.717) is 28.7 Å². The van der Waals surface area contributed by atoms with Gasteiger partial charge in [0.25, 0.3) is 5.91 Å². The highest BCUT2D eigenvalue weighted by molar-refractivity contribution is 7.09. The SMILES string of the molecule is Cc1ccc(Cc2nsc(N3CCCN(C(=O)c4ccc(Cl)cc4Cl)CC3)n2)cc1. The molecular formula is C22H22Cl2N4OS. The average Bonchev–Trinajstić information content (AvgIpc) is 3.04. The summed E-state index contributed by atoms with van der Waals surface area (Å²) in [5.74, 6) is 0.778. The monoisotopic (exact) mass is 460 g/mol. The number of hydrogen-bond donors (Lipinski definition) is 0. The van der Waals surface area contributed by atoms with Crippen LogP contribution in [0.3, 0.4) is 0 Å². The van der Waals surface area contributed by atoms with Crippen LogP contribution in [-0.4, -0.2) is 46.3 Å². The van der Waals surface area contributed by atoms with Crippen molar-refractivity contribution in [3.05, 3.63) is 75.0 Å². The zero-order valence-corrected chi connectivity index (χ0v) is 19.0. The number of carbonyl (C=O) groups is 1. The van der Waals surface area contributed by atoms with Crippen LogP contribution >= 0.6 is 34.7 Å². The molecule has 0 spiro atoms. The van der Waals surface area contributed by atoms with E-state index in [1.54, 1.807) is 18.2 Å². The highest BCUT2D eigenvalue weighted by Crippen LogP contribution is 2.24. The molecule has 30 heavy (non-hydrogen) atoms. The zero-order chi connectivity index (χ0) is 21.1. The van der Waals surface area contributed by atoms with E-state index in [1.807, 2.05) is 4.90 Å². The van der Waals surface area contributed by atoms with Gasteiger partial charge >= 0.3 is 0 Å². The molecule has 1 fully saturated rings. The second kappa shape index (κ2) is 9.33. The lowest BCUT2D eigenvalue weighted by atomic mass is 10.1. The molecule has 8 heteroatoms. The van der Waals surface area contributed by atoms with Crippen molar-refractivity contribution in [2.24, 2.45) is 0 Å². The standard InChI is InChI=1S/C22H22Cl2N4OS/c1-15-3-5-16(6-4-15)13-20-25-22(30-26-20)28-10-2-9-27(11-12-28)21(29)18-8-7-17(23)14-19(18)24/h3-8,14H,2,9-13H2,1H3. The Balaban J connectivity index is 1.40. The zero-order valence-electron chi connectivity index (χ0n) is 16.6. The largest absolute Gasteiger partial charge is 0.345 e. The van der Waals surface area contributed by atoms with Crippen molar-refractivity contribution in [2.75, 3.05) is 31.1 Å². The molecule has 0 saturated carbocycles. The van der Waals surface area contributed by atoms with Crippen LogP contribution in [0.2, 0.25) is 10.0 Å². The number of hydrogen-bond acceptors (Lipinski definition) is 5. The van der Waals surface area contributed by atoms with Crippen LogP contribution in [0.5, 0.6) is 0 Å². The summed E-state index contributed by atoms with van der Waals surface area (Å²) in [4.78, 5) is 21.7. The molecule has 0 bridgehead atoms. The minimum absolute atomic E-state index is 0.0594. The molecule has 156 valence electrons. The highest BCUT2D eigenvalue weighted by atomic mass is 35.5. The third-order valence-corrected chi connectivity index (χ3v) is 6.52. The fourth-order valence-corrected chi connectivity index (χ4v) is 4.70. The van der Waals surface area contributed by atoms with Gasteiger partial charge in [-0.2, -0.15) is 4.37 Å². The van der Waals surface area contributed by atoms with Crippen molar-refractivity contribution >= 4 is 45.8 Å². The van der Waals surface area contributed by atoms with E-state index < -0.39 is 0 Å². The summed E-state index contributed by atoms with van der Waals surface area (Å²) in [6, 6.07) is 13.4. The van der Waals surface area contributed by atoms with E-state index in [9.17, 15) is 4.79 Å². The molecule has 0 unspecified atom stereocenters. The Morgan fingerprint density at radius 1 is 1.07 bits per heavy atom. The fourth-order valence-electron chi connectivity index (χ4n) is 3.48. The van der Waals surface area contributed by atoms with Gasteiger partial charge in [-0.1, -0.05) is 53.0 Å². The van der Waals surface area contributed by atoms with E-state index in [1.165, 1.54) is 22.7 Å². The number of anilines is 1. The first-order valence-corrected chi connectivity index (χ1v) is 11.4. The summed E-state index contributed by atoms with van der Waals surface area (Å²) in [5.41, 5.74) is 2.94. The van der Waals surface area contributed by atoms with Crippen LogP contribution in [0, 0.1) is 6.92 Å². The molecular weight excluding hydrogens is 439 g/mol. The Morgan fingerprint density at radius 3 is 2.63 bits per heavy atom. The molecule has 1 aliphatic rings. The number of amides is 1. The lowest BCUT2D eigenvalue weighted by Crippen LogP contribution is -2.35. The Bertz CT molecular complexity index is 1040. The van der Waals surface area contributed by atoms with E-state index in [-0.39, 0.29) is 5.91 Å². The van der Waals surface area contributed by atoms with Gasteiger partial charge in [-0.3, -0.25) is 4.79 Å². The van der Waals surface area contributed by atoms with Gasteiger partial charge in [-0.25, -0.2) is 4.98 Å². The van der Waals surface area contributed by atoms with E-state index in [4.69, 9.17) is 28.2 Å². The summed E-state index contributed by atoms with van der Waals surface area (Å²) in [6.07, 6.45) is 1.59. The molecule has 5 nitrogen and oxygen atoms in total. The molecule has 0 atom stereocenters. The number of benzene rings is 2. The van der Waals surface area contributed by atoms with Crippen LogP contribution < -0.4 is 4.90 Å². The van der Waals surface area contributed by atoms with Gasteiger partial charge in [0.1, 0.15) is 5.82 Å². The number of aryl methyl sites for hydroxylation is 1. The maximum absolute atomic E-state index is 12.9. The predicted octanol–water partition coefficient (Wildman–Crippen LogP) is 5.10. The maximum atomic E-state index is 12.9. The highest BCUT2D eigenvalue weighted by Gasteiger charge is 2.23. The van der Waals surface area contributed by atoms with Gasteiger partial charge in [0, 0.05) is 49.2 Å². The van der Waals surface area contributed by atoms with E-state index in [0.717, 1.165) is 36.9 Å². The number of nitrogens with zero attached hydrogens (tertiary/aromatic N) is 4. The minimum Gasteiger partial charge on any atom is -0.345 e. The molecule has 1 aliphatic heterocycles. The average molecular weight is 461 g/mol. The normalized spacial score (nSPS) is 14.6. The predicted molar refractivity (Wildman–Crippen MR) is 123 cm³/mol. The molecule has 3 aromatic rings. The first kappa shape index (κ1) is 21.1. The van der Waals surface area contributed by atoms with Crippen LogP contribution in [-0.2, 0) is 6.42 Å². The van der Waals surface area contributed by atoms with Gasteiger partial charge in [-0.05, 0) is 37.1 Å². The van der Waals surface area contributed by atoms with Crippen molar-refractivity contribution in [3.63, 3.8) is 0 Å².